The number of nitrogens with one attached hydrogen (secondary N) is 1. The lowest BCUT2D eigenvalue weighted by atomic mass is 9.90. The highest BCUT2D eigenvalue weighted by Crippen LogP contribution is 2.32. The summed E-state index contributed by atoms with van der Waals surface area (Å²) < 4.78 is 28.9. The molecule has 1 N–H and O–H groups in total. The quantitative estimate of drug-likeness (QED) is 0.670. The van der Waals surface area contributed by atoms with Gasteiger partial charge in [-0.25, -0.2) is 8.78 Å². The third kappa shape index (κ3) is 4.72. The Morgan fingerprint density at radius 3 is 2.50 bits per heavy atom. The lowest BCUT2D eigenvalue weighted by Crippen LogP contribution is -2.29. The summed E-state index contributed by atoms with van der Waals surface area (Å²) in [6, 6.07) is 9.24. The Morgan fingerprint density at radius 1 is 1.18 bits per heavy atom. The molecule has 28 heavy (non-hydrogen) atoms. The first kappa shape index (κ1) is 22.3. The molecule has 150 valence electrons. The van der Waals surface area contributed by atoms with Crippen molar-refractivity contribution in [3.8, 4) is 0 Å². The molecule has 0 fully saturated rings. The lowest BCUT2D eigenvalue weighted by Gasteiger charge is -2.28. The second-order valence-corrected chi connectivity index (χ2v) is 7.25. The summed E-state index contributed by atoms with van der Waals surface area (Å²) in [5.74, 6) is -2.05. The van der Waals surface area contributed by atoms with Gasteiger partial charge >= 0.3 is 0 Å². The summed E-state index contributed by atoms with van der Waals surface area (Å²) in [4.78, 5) is 14.6. The molecule has 0 heterocycles. The van der Waals surface area contributed by atoms with Crippen molar-refractivity contribution in [2.24, 2.45) is 0 Å². The number of amides is 1. The largest absolute Gasteiger partial charge is 0.319 e. The highest BCUT2D eigenvalue weighted by atomic mass is 35.5. The fourth-order valence-corrected chi connectivity index (χ4v) is 3.56. The maximum atomic E-state index is 15.0. The minimum absolute atomic E-state index is 0. The number of nitrogens with zero attached hydrogens (tertiary/aromatic N) is 1. The van der Waals surface area contributed by atoms with E-state index in [1.54, 1.807) is 12.1 Å². The standard InChI is InChI=1S/C21H21ClF2N2O.ClH/c1-26(2)14-11-9-13(10-12-14)15-5-3-8-18(20(15)24)25-21(27)19-16(22)6-4-7-17(19)23;/h3-9,14H,10-12H2,1-2H3,(H,25,27);1H. The minimum Gasteiger partial charge on any atom is -0.319 e. The maximum absolute atomic E-state index is 15.0. The van der Waals surface area contributed by atoms with Crippen molar-refractivity contribution in [2.45, 2.75) is 25.3 Å². The Hall–Kier alpha value is -1.95. The van der Waals surface area contributed by atoms with Crippen molar-refractivity contribution in [2.75, 3.05) is 19.4 Å². The Bertz CT molecular complexity index is 880. The van der Waals surface area contributed by atoms with E-state index < -0.39 is 17.5 Å². The first-order chi connectivity index (χ1) is 12.9. The fraction of sp³-hybridized carbons (Fsp3) is 0.286. The van der Waals surface area contributed by atoms with E-state index in [0.29, 0.717) is 11.6 Å². The van der Waals surface area contributed by atoms with Gasteiger partial charge in [0.05, 0.1) is 16.3 Å². The monoisotopic (exact) mass is 426 g/mol. The zero-order valence-corrected chi connectivity index (χ0v) is 17.2. The van der Waals surface area contributed by atoms with Gasteiger partial charge in [-0.2, -0.15) is 0 Å². The SMILES string of the molecule is CN(C)C1CC=C(c2cccc(NC(=O)c3c(F)cccc3Cl)c2F)CC1.Cl. The molecule has 0 aromatic heterocycles. The number of anilines is 1. The van der Waals surface area contributed by atoms with Gasteiger partial charge in [0.15, 0.2) is 5.82 Å². The van der Waals surface area contributed by atoms with Crippen LogP contribution in [-0.4, -0.2) is 30.9 Å². The van der Waals surface area contributed by atoms with E-state index in [-0.39, 0.29) is 28.7 Å². The smallest absolute Gasteiger partial charge is 0.260 e. The van der Waals surface area contributed by atoms with Gasteiger partial charge in [-0.1, -0.05) is 35.9 Å². The van der Waals surface area contributed by atoms with Crippen LogP contribution in [-0.2, 0) is 0 Å². The van der Waals surface area contributed by atoms with Crippen LogP contribution in [0, 0.1) is 11.6 Å². The van der Waals surface area contributed by atoms with Crippen LogP contribution < -0.4 is 5.32 Å². The van der Waals surface area contributed by atoms with Crippen LogP contribution in [0.3, 0.4) is 0 Å². The van der Waals surface area contributed by atoms with Gasteiger partial charge in [0.1, 0.15) is 5.82 Å². The van der Waals surface area contributed by atoms with E-state index in [0.717, 1.165) is 30.9 Å². The molecule has 1 unspecified atom stereocenters. The first-order valence-corrected chi connectivity index (χ1v) is 9.16. The average molecular weight is 427 g/mol. The molecule has 3 nitrogen and oxygen atoms in total. The summed E-state index contributed by atoms with van der Waals surface area (Å²) in [6.07, 6.45) is 4.60. The molecule has 1 amide bonds. The average Bonchev–Trinajstić information content (AvgIpc) is 2.63. The lowest BCUT2D eigenvalue weighted by molar-refractivity contribution is 0.102. The van der Waals surface area contributed by atoms with Crippen molar-refractivity contribution >= 4 is 41.2 Å². The third-order valence-corrected chi connectivity index (χ3v) is 5.21. The van der Waals surface area contributed by atoms with Crippen molar-refractivity contribution in [3.63, 3.8) is 0 Å². The molecule has 0 saturated carbocycles. The second-order valence-electron chi connectivity index (χ2n) is 6.84. The molecular weight excluding hydrogens is 405 g/mol. The molecule has 2 aromatic carbocycles. The number of allylic oxidation sites excluding steroid dienone is 1. The Balaban J connectivity index is 0.00000280. The molecule has 1 aliphatic rings. The first-order valence-electron chi connectivity index (χ1n) is 8.78. The molecular formula is C21H22Cl2F2N2O. The molecule has 1 atom stereocenters. The van der Waals surface area contributed by atoms with E-state index in [9.17, 15) is 13.6 Å². The zero-order valence-electron chi connectivity index (χ0n) is 15.6. The number of hydrogen-bond donors (Lipinski definition) is 1. The number of benzene rings is 2. The van der Waals surface area contributed by atoms with E-state index in [1.807, 2.05) is 20.2 Å². The number of halogens is 4. The zero-order chi connectivity index (χ0) is 19.6. The topological polar surface area (TPSA) is 32.3 Å². The van der Waals surface area contributed by atoms with Gasteiger partial charge in [0.25, 0.3) is 5.91 Å². The highest BCUT2D eigenvalue weighted by molar-refractivity contribution is 6.34. The van der Waals surface area contributed by atoms with Crippen molar-refractivity contribution in [1.29, 1.82) is 0 Å². The predicted octanol–water partition coefficient (Wildman–Crippen LogP) is 5.79. The molecule has 1 aliphatic carbocycles. The summed E-state index contributed by atoms with van der Waals surface area (Å²) in [5, 5.41) is 2.42. The van der Waals surface area contributed by atoms with E-state index in [4.69, 9.17) is 11.6 Å². The Morgan fingerprint density at radius 2 is 1.89 bits per heavy atom. The van der Waals surface area contributed by atoms with Crippen LogP contribution in [0.25, 0.3) is 5.57 Å². The number of rotatable bonds is 4. The van der Waals surface area contributed by atoms with Crippen LogP contribution in [0.4, 0.5) is 14.5 Å². The fourth-order valence-electron chi connectivity index (χ4n) is 3.31. The number of hydrogen-bond acceptors (Lipinski definition) is 2. The van der Waals surface area contributed by atoms with E-state index in [2.05, 4.69) is 10.2 Å². The van der Waals surface area contributed by atoms with Crippen molar-refractivity contribution in [3.05, 3.63) is 70.3 Å². The molecule has 0 spiro atoms. The van der Waals surface area contributed by atoms with Crippen LogP contribution in [0.1, 0.15) is 35.2 Å². The maximum Gasteiger partial charge on any atom is 0.260 e. The molecule has 0 bridgehead atoms. The van der Waals surface area contributed by atoms with Crippen LogP contribution in [0.15, 0.2) is 42.5 Å². The third-order valence-electron chi connectivity index (χ3n) is 4.90. The number of carbonyl (C=O) groups excluding carboxylic acids is 1. The van der Waals surface area contributed by atoms with Crippen molar-refractivity contribution < 1.29 is 13.6 Å². The number of carbonyl (C=O) groups is 1. The minimum atomic E-state index is -0.778. The Labute approximate surface area is 174 Å². The van der Waals surface area contributed by atoms with E-state index >= 15 is 0 Å². The van der Waals surface area contributed by atoms with Gasteiger partial charge in [0.2, 0.25) is 0 Å². The van der Waals surface area contributed by atoms with Gasteiger partial charge in [0, 0.05) is 11.6 Å². The molecule has 0 saturated heterocycles. The highest BCUT2D eigenvalue weighted by Gasteiger charge is 2.21. The summed E-state index contributed by atoms with van der Waals surface area (Å²) in [6.45, 7) is 0. The van der Waals surface area contributed by atoms with Crippen LogP contribution >= 0.6 is 24.0 Å². The van der Waals surface area contributed by atoms with Gasteiger partial charge in [-0.3, -0.25) is 4.79 Å². The van der Waals surface area contributed by atoms with Gasteiger partial charge in [-0.15, -0.1) is 12.4 Å². The molecule has 2 aromatic rings. The summed E-state index contributed by atoms with van der Waals surface area (Å²) in [5.41, 5.74) is 1.09. The molecule has 7 heteroatoms. The summed E-state index contributed by atoms with van der Waals surface area (Å²) in [7, 11) is 4.07. The van der Waals surface area contributed by atoms with Gasteiger partial charge < -0.3 is 10.2 Å². The van der Waals surface area contributed by atoms with Crippen molar-refractivity contribution in [1.82, 2.24) is 4.90 Å². The van der Waals surface area contributed by atoms with E-state index in [1.165, 1.54) is 18.2 Å². The normalized spacial score (nSPS) is 16.4. The van der Waals surface area contributed by atoms with Gasteiger partial charge in [-0.05, 0) is 57.1 Å². The molecule has 0 aliphatic heterocycles. The molecule has 0 radical (unpaired) electrons. The van der Waals surface area contributed by atoms with Crippen LogP contribution in [0.5, 0.6) is 0 Å². The molecule has 3 rings (SSSR count). The Kier molecular flexibility index (Phi) is 7.58. The summed E-state index contributed by atoms with van der Waals surface area (Å²) >= 11 is 5.91. The predicted molar refractivity (Wildman–Crippen MR) is 112 cm³/mol. The second kappa shape index (κ2) is 9.50. The van der Waals surface area contributed by atoms with Crippen LogP contribution in [0.2, 0.25) is 5.02 Å².